The minimum Gasteiger partial charge on any atom is -0.308 e. The Morgan fingerprint density at radius 3 is 2.78 bits per heavy atom. The van der Waals surface area contributed by atoms with Crippen molar-refractivity contribution in [2.24, 2.45) is 0 Å². The van der Waals surface area contributed by atoms with Crippen LogP contribution < -0.4 is 0 Å². The smallest absolute Gasteiger partial charge is 0.160 e. The SMILES string of the molecule is Cc1ccnc2c1nc(CCl)n2C(C)CN(C)C. The number of imidazole rings is 1. The van der Waals surface area contributed by atoms with Gasteiger partial charge in [-0.3, -0.25) is 0 Å². The molecule has 0 aliphatic carbocycles. The average Bonchev–Trinajstić information content (AvgIpc) is 2.68. The van der Waals surface area contributed by atoms with Gasteiger partial charge in [0.15, 0.2) is 5.65 Å². The van der Waals surface area contributed by atoms with E-state index in [1.165, 1.54) is 0 Å². The molecule has 1 unspecified atom stereocenters. The minimum absolute atomic E-state index is 0.299. The van der Waals surface area contributed by atoms with Crippen molar-refractivity contribution in [1.82, 2.24) is 19.4 Å². The lowest BCUT2D eigenvalue weighted by atomic mass is 10.2. The molecule has 0 bridgehead atoms. The first-order valence-corrected chi connectivity index (χ1v) is 6.61. The Bertz CT molecular complexity index is 547. The van der Waals surface area contributed by atoms with Crippen LogP contribution in [-0.4, -0.2) is 40.1 Å². The molecule has 2 aromatic rings. The van der Waals surface area contributed by atoms with Gasteiger partial charge in [-0.25, -0.2) is 9.97 Å². The van der Waals surface area contributed by atoms with Crippen molar-refractivity contribution in [3.63, 3.8) is 0 Å². The number of likely N-dealkylation sites (N-methyl/N-ethyl adjacent to an activating group) is 1. The van der Waals surface area contributed by atoms with Gasteiger partial charge in [0.1, 0.15) is 11.3 Å². The van der Waals surface area contributed by atoms with Crippen LogP contribution in [0.15, 0.2) is 12.3 Å². The lowest BCUT2D eigenvalue weighted by Crippen LogP contribution is -2.23. The molecule has 0 aliphatic rings. The first kappa shape index (κ1) is 13.3. The zero-order chi connectivity index (χ0) is 13.3. The maximum atomic E-state index is 6.01. The molecule has 0 fully saturated rings. The predicted octanol–water partition coefficient (Wildman–Crippen LogP) is 2.60. The van der Waals surface area contributed by atoms with E-state index >= 15 is 0 Å². The van der Waals surface area contributed by atoms with Crippen LogP contribution >= 0.6 is 11.6 Å². The largest absolute Gasteiger partial charge is 0.308 e. The first-order chi connectivity index (χ1) is 8.54. The van der Waals surface area contributed by atoms with Crippen molar-refractivity contribution >= 4 is 22.8 Å². The molecule has 0 aliphatic heterocycles. The van der Waals surface area contributed by atoms with Crippen molar-refractivity contribution in [3.05, 3.63) is 23.7 Å². The molecule has 2 heterocycles. The van der Waals surface area contributed by atoms with Gasteiger partial charge >= 0.3 is 0 Å². The summed E-state index contributed by atoms with van der Waals surface area (Å²) in [6, 6.07) is 2.28. The van der Waals surface area contributed by atoms with Gasteiger partial charge < -0.3 is 9.47 Å². The summed E-state index contributed by atoms with van der Waals surface area (Å²) < 4.78 is 2.15. The fourth-order valence-corrected chi connectivity index (χ4v) is 2.51. The Kier molecular flexibility index (Phi) is 3.88. The summed E-state index contributed by atoms with van der Waals surface area (Å²) in [6.07, 6.45) is 1.83. The first-order valence-electron chi connectivity index (χ1n) is 6.07. The van der Waals surface area contributed by atoms with Crippen LogP contribution in [-0.2, 0) is 5.88 Å². The Balaban J connectivity index is 2.57. The van der Waals surface area contributed by atoms with E-state index in [-0.39, 0.29) is 0 Å². The average molecular weight is 267 g/mol. The fourth-order valence-electron chi connectivity index (χ4n) is 2.32. The van der Waals surface area contributed by atoms with Crippen LogP contribution in [0.3, 0.4) is 0 Å². The van der Waals surface area contributed by atoms with Crippen molar-refractivity contribution in [1.29, 1.82) is 0 Å². The van der Waals surface area contributed by atoms with Gasteiger partial charge in [0.25, 0.3) is 0 Å². The normalized spacial score (nSPS) is 13.4. The molecule has 1 atom stereocenters. The number of nitrogens with zero attached hydrogens (tertiary/aromatic N) is 4. The van der Waals surface area contributed by atoms with Gasteiger partial charge in [-0.1, -0.05) is 0 Å². The molecule has 18 heavy (non-hydrogen) atoms. The van der Waals surface area contributed by atoms with Gasteiger partial charge in [0.2, 0.25) is 0 Å². The minimum atomic E-state index is 0.299. The van der Waals surface area contributed by atoms with E-state index in [1.54, 1.807) is 0 Å². The number of fused-ring (bicyclic) bond motifs is 1. The van der Waals surface area contributed by atoms with E-state index in [0.717, 1.165) is 29.1 Å². The van der Waals surface area contributed by atoms with Gasteiger partial charge in [0.05, 0.1) is 5.88 Å². The molecule has 2 rings (SSSR count). The molecule has 0 aromatic carbocycles. The molecule has 0 amide bonds. The predicted molar refractivity (Wildman–Crippen MR) is 75.1 cm³/mol. The van der Waals surface area contributed by atoms with Crippen LogP contribution in [0.4, 0.5) is 0 Å². The molecular formula is C13H19ClN4. The van der Waals surface area contributed by atoms with E-state index in [4.69, 9.17) is 11.6 Å². The van der Waals surface area contributed by atoms with E-state index in [2.05, 4.69) is 47.4 Å². The summed E-state index contributed by atoms with van der Waals surface area (Å²) in [4.78, 5) is 11.2. The van der Waals surface area contributed by atoms with Crippen molar-refractivity contribution in [2.45, 2.75) is 25.8 Å². The summed E-state index contributed by atoms with van der Waals surface area (Å²) in [5.41, 5.74) is 3.03. The second-order valence-corrected chi connectivity index (χ2v) is 5.21. The highest BCUT2D eigenvalue weighted by atomic mass is 35.5. The summed E-state index contributed by atoms with van der Waals surface area (Å²) in [6.45, 7) is 5.15. The van der Waals surface area contributed by atoms with E-state index in [0.29, 0.717) is 11.9 Å². The van der Waals surface area contributed by atoms with Crippen molar-refractivity contribution in [2.75, 3.05) is 20.6 Å². The second kappa shape index (κ2) is 5.24. The van der Waals surface area contributed by atoms with Crippen molar-refractivity contribution < 1.29 is 0 Å². The quantitative estimate of drug-likeness (QED) is 0.798. The zero-order valence-electron chi connectivity index (χ0n) is 11.3. The van der Waals surface area contributed by atoms with E-state index in [1.807, 2.05) is 12.3 Å². The number of aryl methyl sites for hydroxylation is 1. The number of alkyl halides is 1. The van der Waals surface area contributed by atoms with Crippen LogP contribution in [0.5, 0.6) is 0 Å². The lowest BCUT2D eigenvalue weighted by Gasteiger charge is -2.20. The van der Waals surface area contributed by atoms with Gasteiger partial charge in [0, 0.05) is 18.8 Å². The standard InChI is InChI=1S/C13H19ClN4/c1-9-5-6-15-13-12(9)16-11(7-14)18(13)10(2)8-17(3)4/h5-6,10H,7-8H2,1-4H3. The van der Waals surface area contributed by atoms with Gasteiger partial charge in [-0.2, -0.15) is 0 Å². The van der Waals surface area contributed by atoms with E-state index in [9.17, 15) is 0 Å². The third-order valence-corrected chi connectivity index (χ3v) is 3.28. The third kappa shape index (κ3) is 2.35. The monoisotopic (exact) mass is 266 g/mol. The fraction of sp³-hybridized carbons (Fsp3) is 0.538. The molecule has 2 aromatic heterocycles. The topological polar surface area (TPSA) is 34.0 Å². The van der Waals surface area contributed by atoms with Gasteiger partial charge in [-0.05, 0) is 39.6 Å². The summed E-state index contributed by atoms with van der Waals surface area (Å²) in [5.74, 6) is 1.30. The molecule has 5 heteroatoms. The summed E-state index contributed by atoms with van der Waals surface area (Å²) in [5, 5.41) is 0. The second-order valence-electron chi connectivity index (χ2n) is 4.94. The molecule has 0 saturated carbocycles. The number of halogens is 1. The zero-order valence-corrected chi connectivity index (χ0v) is 12.1. The molecule has 0 spiro atoms. The van der Waals surface area contributed by atoms with Gasteiger partial charge in [-0.15, -0.1) is 11.6 Å². The third-order valence-electron chi connectivity index (χ3n) is 3.04. The molecule has 4 nitrogen and oxygen atoms in total. The van der Waals surface area contributed by atoms with E-state index < -0.39 is 0 Å². The molecule has 0 N–H and O–H groups in total. The Hall–Kier alpha value is -1.13. The van der Waals surface area contributed by atoms with Crippen molar-refractivity contribution in [3.8, 4) is 0 Å². The Morgan fingerprint density at radius 2 is 2.17 bits per heavy atom. The summed E-state index contributed by atoms with van der Waals surface area (Å²) in [7, 11) is 4.13. The highest BCUT2D eigenvalue weighted by Gasteiger charge is 2.17. The van der Waals surface area contributed by atoms with Crippen LogP contribution in [0.1, 0.15) is 24.4 Å². The molecule has 98 valence electrons. The molecular weight excluding hydrogens is 248 g/mol. The maximum absolute atomic E-state index is 6.01. The number of rotatable bonds is 4. The Labute approximate surface area is 113 Å². The number of aromatic nitrogens is 3. The molecule has 0 saturated heterocycles. The van der Waals surface area contributed by atoms with Crippen LogP contribution in [0.2, 0.25) is 0 Å². The number of hydrogen-bond acceptors (Lipinski definition) is 3. The van der Waals surface area contributed by atoms with Crippen LogP contribution in [0.25, 0.3) is 11.2 Å². The van der Waals surface area contributed by atoms with Crippen LogP contribution in [0, 0.1) is 6.92 Å². The lowest BCUT2D eigenvalue weighted by molar-refractivity contribution is 0.337. The molecule has 0 radical (unpaired) electrons. The highest BCUT2D eigenvalue weighted by Crippen LogP contribution is 2.23. The Morgan fingerprint density at radius 1 is 1.44 bits per heavy atom. The number of hydrogen-bond donors (Lipinski definition) is 0. The maximum Gasteiger partial charge on any atom is 0.160 e. The number of pyridine rings is 1. The highest BCUT2D eigenvalue weighted by molar-refractivity contribution is 6.16. The summed E-state index contributed by atoms with van der Waals surface area (Å²) >= 11 is 6.01.